The summed E-state index contributed by atoms with van der Waals surface area (Å²) in [5.74, 6) is -0.157. The molecular weight excluding hydrogens is 346 g/mol. The maximum absolute atomic E-state index is 11.8. The van der Waals surface area contributed by atoms with Gasteiger partial charge in [-0.15, -0.1) is 11.3 Å². The molecule has 0 radical (unpaired) electrons. The van der Waals surface area contributed by atoms with Crippen molar-refractivity contribution in [3.05, 3.63) is 46.7 Å². The first-order valence-electron chi connectivity index (χ1n) is 7.35. The van der Waals surface area contributed by atoms with Gasteiger partial charge in [-0.3, -0.25) is 4.21 Å². The molecule has 1 aliphatic heterocycles. The Morgan fingerprint density at radius 2 is 2.17 bits per heavy atom. The number of aldehydes is 1. The molecule has 3 rings (SSSR count). The second-order valence-electron chi connectivity index (χ2n) is 5.43. The number of para-hydroxylation sites is 2. The van der Waals surface area contributed by atoms with E-state index in [1.54, 1.807) is 0 Å². The van der Waals surface area contributed by atoms with Crippen molar-refractivity contribution in [1.82, 2.24) is 0 Å². The zero-order valence-corrected chi connectivity index (χ0v) is 14.3. The fourth-order valence-electron chi connectivity index (χ4n) is 2.75. The van der Waals surface area contributed by atoms with E-state index in [4.69, 9.17) is 5.73 Å². The van der Waals surface area contributed by atoms with Crippen LogP contribution in [0, 0.1) is 0 Å². The lowest BCUT2D eigenvalue weighted by Gasteiger charge is -2.36. The largest absolute Gasteiger partial charge is 0.772 e. The third kappa shape index (κ3) is 3.46. The highest BCUT2D eigenvalue weighted by molar-refractivity contribution is 7.79. The van der Waals surface area contributed by atoms with E-state index in [-0.39, 0.29) is 12.3 Å². The maximum Gasteiger partial charge on any atom is 0.148 e. The van der Waals surface area contributed by atoms with E-state index in [2.05, 4.69) is 4.99 Å². The third-order valence-corrected chi connectivity index (χ3v) is 5.32. The highest BCUT2D eigenvalue weighted by Gasteiger charge is 2.32. The number of anilines is 1. The number of carbonyl (C=O) groups excluding carboxylic acids is 1. The predicted molar refractivity (Wildman–Crippen MR) is 95.9 cm³/mol. The monoisotopic (exact) mass is 362 g/mol. The van der Waals surface area contributed by atoms with Crippen molar-refractivity contribution in [3.8, 4) is 0 Å². The van der Waals surface area contributed by atoms with Gasteiger partial charge in [0.05, 0.1) is 22.0 Å². The number of hydrogen-bond donors (Lipinski definition) is 1. The summed E-state index contributed by atoms with van der Waals surface area (Å²) in [7, 11) is 0. The molecule has 126 valence electrons. The highest BCUT2D eigenvalue weighted by atomic mass is 32.2. The summed E-state index contributed by atoms with van der Waals surface area (Å²) in [4.78, 5) is 19.2. The van der Waals surface area contributed by atoms with Crippen LogP contribution in [0.2, 0.25) is 0 Å². The van der Waals surface area contributed by atoms with Crippen LogP contribution < -0.4 is 10.6 Å². The number of hydrogen-bond acceptors (Lipinski definition) is 7. The van der Waals surface area contributed by atoms with Gasteiger partial charge in [0.1, 0.15) is 12.3 Å². The number of fused-ring (bicyclic) bond motifs is 1. The number of carbonyl (C=O) groups is 1. The number of aliphatic imine (C=N–C) groups is 1. The molecule has 0 saturated heterocycles. The van der Waals surface area contributed by atoms with Crippen molar-refractivity contribution in [1.29, 1.82) is 0 Å². The maximum atomic E-state index is 11.8. The molecule has 1 aromatic carbocycles. The van der Waals surface area contributed by atoms with Gasteiger partial charge >= 0.3 is 0 Å². The molecule has 0 saturated carbocycles. The zero-order chi connectivity index (χ0) is 17.1. The molecule has 0 bridgehead atoms. The fourth-order valence-corrected chi connectivity index (χ4v) is 3.95. The third-order valence-electron chi connectivity index (χ3n) is 3.73. The van der Waals surface area contributed by atoms with Crippen molar-refractivity contribution >= 4 is 45.8 Å². The van der Waals surface area contributed by atoms with Crippen LogP contribution in [-0.2, 0) is 15.9 Å². The van der Waals surface area contributed by atoms with Crippen LogP contribution in [0.15, 0.2) is 46.8 Å². The molecule has 0 amide bonds. The minimum atomic E-state index is -2.23. The molecule has 0 spiro atoms. The number of nitrogens with zero attached hydrogens (tertiary/aromatic N) is 2. The number of nitrogens with two attached hydrogens (primary N) is 1. The normalized spacial score (nSPS) is 19.3. The van der Waals surface area contributed by atoms with Crippen LogP contribution in [0.5, 0.6) is 0 Å². The van der Waals surface area contributed by atoms with Gasteiger partial charge in [0.15, 0.2) is 0 Å². The van der Waals surface area contributed by atoms with Crippen LogP contribution in [0.4, 0.5) is 11.4 Å². The molecule has 2 heterocycles. The Morgan fingerprint density at radius 3 is 2.83 bits per heavy atom. The molecule has 0 aliphatic carbocycles. The van der Waals surface area contributed by atoms with Crippen molar-refractivity contribution in [2.45, 2.75) is 12.1 Å². The molecule has 3 unspecified atom stereocenters. The van der Waals surface area contributed by atoms with Gasteiger partial charge < -0.3 is 20.0 Å². The van der Waals surface area contributed by atoms with Gasteiger partial charge in [-0.1, -0.05) is 29.3 Å². The first-order valence-corrected chi connectivity index (χ1v) is 9.47. The van der Waals surface area contributed by atoms with Gasteiger partial charge in [0, 0.05) is 18.3 Å². The molecule has 6 nitrogen and oxygen atoms in total. The summed E-state index contributed by atoms with van der Waals surface area (Å²) in [5.41, 5.74) is 8.14. The van der Waals surface area contributed by atoms with E-state index in [0.717, 1.165) is 22.5 Å². The van der Waals surface area contributed by atoms with E-state index < -0.39 is 23.2 Å². The number of rotatable bonds is 6. The van der Waals surface area contributed by atoms with Crippen LogP contribution in [0.1, 0.15) is 4.88 Å². The Hall–Kier alpha value is -1.87. The van der Waals surface area contributed by atoms with Crippen molar-refractivity contribution < 1.29 is 13.6 Å². The first kappa shape index (κ1) is 17.0. The Bertz CT molecular complexity index is 777. The van der Waals surface area contributed by atoms with Crippen LogP contribution >= 0.6 is 11.3 Å². The second-order valence-corrected chi connectivity index (χ2v) is 7.32. The zero-order valence-electron chi connectivity index (χ0n) is 12.7. The second kappa shape index (κ2) is 7.35. The lowest BCUT2D eigenvalue weighted by Crippen LogP contribution is -2.51. The lowest BCUT2D eigenvalue weighted by molar-refractivity contribution is -0.107. The van der Waals surface area contributed by atoms with Crippen LogP contribution in [0.25, 0.3) is 0 Å². The van der Waals surface area contributed by atoms with Crippen LogP contribution in [0.3, 0.4) is 0 Å². The molecule has 1 aromatic heterocycles. The molecule has 2 N–H and O–H groups in total. The smallest absolute Gasteiger partial charge is 0.148 e. The van der Waals surface area contributed by atoms with E-state index in [1.807, 2.05) is 46.7 Å². The van der Waals surface area contributed by atoms with Crippen LogP contribution in [-0.4, -0.2) is 45.1 Å². The summed E-state index contributed by atoms with van der Waals surface area (Å²) in [6.07, 6.45) is 0.829. The van der Waals surface area contributed by atoms with Gasteiger partial charge in [-0.05, 0) is 23.6 Å². The van der Waals surface area contributed by atoms with Gasteiger partial charge in [0.2, 0.25) is 0 Å². The molecule has 3 atom stereocenters. The average molecular weight is 362 g/mol. The van der Waals surface area contributed by atoms with Gasteiger partial charge in [0.25, 0.3) is 0 Å². The van der Waals surface area contributed by atoms with E-state index in [0.29, 0.717) is 5.71 Å². The summed E-state index contributed by atoms with van der Waals surface area (Å²) < 4.78 is 21.8. The number of benzene rings is 1. The first-order chi connectivity index (χ1) is 11.6. The SMILES string of the molecule is NC(CN1c2ccccc2N=C(c2cccs2)C1C=O)CS(=O)[O-]. The van der Waals surface area contributed by atoms with Crippen molar-refractivity contribution in [2.24, 2.45) is 10.7 Å². The Balaban J connectivity index is 2.01. The predicted octanol–water partition coefficient (Wildman–Crippen LogP) is 1.46. The molecule has 0 fully saturated rings. The molecule has 8 heteroatoms. The van der Waals surface area contributed by atoms with Crippen molar-refractivity contribution in [2.75, 3.05) is 17.2 Å². The standard InChI is InChI=1S/C16H17N3O3S2/c17-11(10-24(21)22)8-19-13-5-2-1-4-12(13)18-16(14(19)9-20)15-6-3-7-23-15/h1-7,9,11,14H,8,10,17H2,(H,21,22)/p-1. The molecular formula is C16H16N3O3S2-. The van der Waals surface area contributed by atoms with E-state index in [9.17, 15) is 13.6 Å². The van der Waals surface area contributed by atoms with Gasteiger partial charge in [-0.25, -0.2) is 4.99 Å². The lowest BCUT2D eigenvalue weighted by atomic mass is 10.0. The Kier molecular flexibility index (Phi) is 5.20. The average Bonchev–Trinajstić information content (AvgIpc) is 3.08. The number of thiophene rings is 1. The van der Waals surface area contributed by atoms with E-state index in [1.165, 1.54) is 11.3 Å². The molecule has 1 aliphatic rings. The minimum absolute atomic E-state index is 0.157. The molecule has 2 aromatic rings. The summed E-state index contributed by atoms with van der Waals surface area (Å²) >= 11 is -0.719. The fraction of sp³-hybridized carbons (Fsp3) is 0.250. The minimum Gasteiger partial charge on any atom is -0.772 e. The van der Waals surface area contributed by atoms with Gasteiger partial charge in [-0.2, -0.15) is 0 Å². The summed E-state index contributed by atoms with van der Waals surface area (Å²) in [6, 6.07) is 10.1. The molecule has 24 heavy (non-hydrogen) atoms. The van der Waals surface area contributed by atoms with Crippen molar-refractivity contribution in [3.63, 3.8) is 0 Å². The quantitative estimate of drug-likeness (QED) is 0.620. The Labute approximate surface area is 146 Å². The Morgan fingerprint density at radius 1 is 1.38 bits per heavy atom. The van der Waals surface area contributed by atoms with E-state index >= 15 is 0 Å². The summed E-state index contributed by atoms with van der Waals surface area (Å²) in [5, 5.41) is 1.93. The topological polar surface area (TPSA) is 98.8 Å². The summed E-state index contributed by atoms with van der Waals surface area (Å²) in [6.45, 7) is 0.249. The highest BCUT2D eigenvalue weighted by Crippen LogP contribution is 2.36.